The van der Waals surface area contributed by atoms with Crippen LogP contribution in [-0.4, -0.2) is 15.9 Å². The van der Waals surface area contributed by atoms with E-state index in [-0.39, 0.29) is 5.91 Å². The number of aromatic nitrogens is 2. The van der Waals surface area contributed by atoms with Crippen LogP contribution in [0.5, 0.6) is 0 Å². The van der Waals surface area contributed by atoms with Crippen LogP contribution < -0.4 is 5.32 Å². The predicted molar refractivity (Wildman–Crippen MR) is 98.1 cm³/mol. The highest BCUT2D eigenvalue weighted by Crippen LogP contribution is 2.23. The number of carbonyl (C=O) groups excluding carboxylic acids is 1. The summed E-state index contributed by atoms with van der Waals surface area (Å²) in [7, 11) is 0. The molecule has 0 atom stereocenters. The molecule has 0 bridgehead atoms. The summed E-state index contributed by atoms with van der Waals surface area (Å²) < 4.78 is 0. The summed E-state index contributed by atoms with van der Waals surface area (Å²) in [6, 6.07) is 11.8. The predicted octanol–water partition coefficient (Wildman–Crippen LogP) is 4.34. The van der Waals surface area contributed by atoms with E-state index in [1.807, 2.05) is 41.8 Å². The molecule has 0 aliphatic carbocycles. The fourth-order valence-electron chi connectivity index (χ4n) is 2.45. The van der Waals surface area contributed by atoms with E-state index < -0.39 is 0 Å². The van der Waals surface area contributed by atoms with Gasteiger partial charge in [0, 0.05) is 35.4 Å². The summed E-state index contributed by atoms with van der Waals surface area (Å²) in [6.07, 6.45) is 5.51. The number of nitrogens with zero attached hydrogens (tertiary/aromatic N) is 2. The van der Waals surface area contributed by atoms with Crippen LogP contribution in [0.1, 0.15) is 24.6 Å². The van der Waals surface area contributed by atoms with Crippen LogP contribution in [0.25, 0.3) is 10.6 Å². The van der Waals surface area contributed by atoms with Crippen LogP contribution in [0, 0.1) is 0 Å². The van der Waals surface area contributed by atoms with Crippen molar-refractivity contribution in [3.05, 3.63) is 65.4 Å². The van der Waals surface area contributed by atoms with Gasteiger partial charge in [0.2, 0.25) is 5.91 Å². The second-order valence-electron chi connectivity index (χ2n) is 5.44. The number of benzene rings is 1. The number of pyridine rings is 1. The molecule has 0 saturated carbocycles. The van der Waals surface area contributed by atoms with Crippen molar-refractivity contribution in [3.8, 4) is 10.6 Å². The zero-order valence-electron chi connectivity index (χ0n) is 13.5. The maximum Gasteiger partial charge on any atom is 0.224 e. The minimum absolute atomic E-state index is 0.0202. The highest BCUT2D eigenvalue weighted by Gasteiger charge is 2.09. The Hall–Kier alpha value is -2.53. The number of aryl methyl sites for hydroxylation is 2. The number of anilines is 1. The van der Waals surface area contributed by atoms with E-state index in [0.717, 1.165) is 33.9 Å². The molecule has 0 saturated heterocycles. The summed E-state index contributed by atoms with van der Waals surface area (Å²) in [5.41, 5.74) is 4.01. The van der Waals surface area contributed by atoms with Gasteiger partial charge in [-0.05, 0) is 36.6 Å². The van der Waals surface area contributed by atoms with Crippen molar-refractivity contribution >= 4 is 22.9 Å². The van der Waals surface area contributed by atoms with Gasteiger partial charge in [0.25, 0.3) is 0 Å². The van der Waals surface area contributed by atoms with E-state index in [0.29, 0.717) is 12.8 Å². The standard InChI is InChI=1S/C19H19N3OS/c1-2-14-6-3-4-8-17(14)22-18(23)10-9-16-13-24-19(21-16)15-7-5-11-20-12-15/h3-8,11-13H,2,9-10H2,1H3,(H,22,23). The van der Waals surface area contributed by atoms with E-state index in [4.69, 9.17) is 0 Å². The highest BCUT2D eigenvalue weighted by atomic mass is 32.1. The Morgan fingerprint density at radius 3 is 2.88 bits per heavy atom. The van der Waals surface area contributed by atoms with Crippen molar-refractivity contribution in [1.29, 1.82) is 0 Å². The topological polar surface area (TPSA) is 54.9 Å². The number of carbonyl (C=O) groups is 1. The average Bonchev–Trinajstić information content (AvgIpc) is 3.10. The lowest BCUT2D eigenvalue weighted by molar-refractivity contribution is -0.116. The molecule has 3 aromatic rings. The van der Waals surface area contributed by atoms with Crippen LogP contribution in [0.3, 0.4) is 0 Å². The average molecular weight is 337 g/mol. The number of nitrogens with one attached hydrogen (secondary N) is 1. The summed E-state index contributed by atoms with van der Waals surface area (Å²) in [4.78, 5) is 20.9. The van der Waals surface area contributed by atoms with Crippen molar-refractivity contribution in [2.45, 2.75) is 26.2 Å². The number of amides is 1. The van der Waals surface area contributed by atoms with E-state index >= 15 is 0 Å². The molecule has 2 heterocycles. The maximum absolute atomic E-state index is 12.2. The largest absolute Gasteiger partial charge is 0.326 e. The molecule has 0 spiro atoms. The first-order valence-electron chi connectivity index (χ1n) is 7.99. The van der Waals surface area contributed by atoms with Crippen molar-refractivity contribution in [3.63, 3.8) is 0 Å². The SMILES string of the molecule is CCc1ccccc1NC(=O)CCc1csc(-c2cccnc2)n1. The van der Waals surface area contributed by atoms with E-state index in [9.17, 15) is 4.79 Å². The summed E-state index contributed by atoms with van der Waals surface area (Å²) >= 11 is 1.58. The third kappa shape index (κ3) is 4.06. The number of rotatable bonds is 6. The zero-order valence-corrected chi connectivity index (χ0v) is 14.3. The van der Waals surface area contributed by atoms with Crippen molar-refractivity contribution < 1.29 is 4.79 Å². The molecule has 122 valence electrons. The Balaban J connectivity index is 1.58. The van der Waals surface area contributed by atoms with Gasteiger partial charge in [-0.3, -0.25) is 9.78 Å². The molecule has 1 N–H and O–H groups in total. The molecule has 0 unspecified atom stereocenters. The number of thiazole rings is 1. The van der Waals surface area contributed by atoms with Gasteiger partial charge >= 0.3 is 0 Å². The smallest absolute Gasteiger partial charge is 0.224 e. The minimum atomic E-state index is 0.0202. The lowest BCUT2D eigenvalue weighted by Crippen LogP contribution is -2.13. The molecule has 5 heteroatoms. The maximum atomic E-state index is 12.2. The first kappa shape index (κ1) is 16.3. The molecule has 24 heavy (non-hydrogen) atoms. The molecular weight excluding hydrogens is 318 g/mol. The third-order valence-electron chi connectivity index (χ3n) is 3.74. The molecule has 0 radical (unpaired) electrons. The Morgan fingerprint density at radius 2 is 2.08 bits per heavy atom. The van der Waals surface area contributed by atoms with Gasteiger partial charge in [0.1, 0.15) is 5.01 Å². The van der Waals surface area contributed by atoms with Crippen LogP contribution in [0.2, 0.25) is 0 Å². The molecule has 1 aromatic carbocycles. The van der Waals surface area contributed by atoms with Crippen LogP contribution in [-0.2, 0) is 17.6 Å². The monoisotopic (exact) mass is 337 g/mol. The lowest BCUT2D eigenvalue weighted by atomic mass is 10.1. The first-order chi connectivity index (χ1) is 11.8. The molecule has 3 rings (SSSR count). The molecule has 0 aliphatic heterocycles. The Kier molecular flexibility index (Phi) is 5.33. The normalized spacial score (nSPS) is 10.5. The highest BCUT2D eigenvalue weighted by molar-refractivity contribution is 7.13. The van der Waals surface area contributed by atoms with Crippen molar-refractivity contribution in [2.24, 2.45) is 0 Å². The van der Waals surface area contributed by atoms with Gasteiger partial charge in [-0.25, -0.2) is 4.98 Å². The quantitative estimate of drug-likeness (QED) is 0.728. The summed E-state index contributed by atoms with van der Waals surface area (Å²) in [5, 5.41) is 5.95. The summed E-state index contributed by atoms with van der Waals surface area (Å²) in [6.45, 7) is 2.08. The van der Waals surface area contributed by atoms with Gasteiger partial charge in [0.15, 0.2) is 0 Å². The third-order valence-corrected chi connectivity index (χ3v) is 4.68. The first-order valence-corrected chi connectivity index (χ1v) is 8.87. The van der Waals surface area contributed by atoms with Crippen LogP contribution in [0.15, 0.2) is 54.2 Å². The molecule has 1 amide bonds. The van der Waals surface area contributed by atoms with Crippen molar-refractivity contribution in [2.75, 3.05) is 5.32 Å². The zero-order chi connectivity index (χ0) is 16.8. The minimum Gasteiger partial charge on any atom is -0.326 e. The second kappa shape index (κ2) is 7.84. The van der Waals surface area contributed by atoms with Crippen LogP contribution in [0.4, 0.5) is 5.69 Å². The van der Waals surface area contributed by atoms with E-state index in [2.05, 4.69) is 22.2 Å². The summed E-state index contributed by atoms with van der Waals surface area (Å²) in [5.74, 6) is 0.0202. The molecular formula is C19H19N3OS. The second-order valence-corrected chi connectivity index (χ2v) is 6.30. The molecule has 0 fully saturated rings. The van der Waals surface area contributed by atoms with Gasteiger partial charge < -0.3 is 5.32 Å². The van der Waals surface area contributed by atoms with E-state index in [1.165, 1.54) is 0 Å². The molecule has 4 nitrogen and oxygen atoms in total. The molecule has 2 aromatic heterocycles. The van der Waals surface area contributed by atoms with Gasteiger partial charge in [-0.1, -0.05) is 25.1 Å². The fraction of sp³-hybridized carbons (Fsp3) is 0.211. The van der Waals surface area contributed by atoms with Crippen LogP contribution >= 0.6 is 11.3 Å². The van der Waals surface area contributed by atoms with Gasteiger partial charge in [0.05, 0.1) is 5.69 Å². The molecule has 0 aliphatic rings. The Bertz CT molecular complexity index is 814. The van der Waals surface area contributed by atoms with Gasteiger partial charge in [-0.2, -0.15) is 0 Å². The Labute approximate surface area is 145 Å². The number of hydrogen-bond donors (Lipinski definition) is 1. The van der Waals surface area contributed by atoms with Gasteiger partial charge in [-0.15, -0.1) is 11.3 Å². The number of para-hydroxylation sites is 1. The van der Waals surface area contributed by atoms with Crippen molar-refractivity contribution in [1.82, 2.24) is 9.97 Å². The Morgan fingerprint density at radius 1 is 1.21 bits per heavy atom. The van der Waals surface area contributed by atoms with E-state index in [1.54, 1.807) is 23.7 Å². The number of hydrogen-bond acceptors (Lipinski definition) is 4. The lowest BCUT2D eigenvalue weighted by Gasteiger charge is -2.09. The fourth-order valence-corrected chi connectivity index (χ4v) is 3.29.